The summed E-state index contributed by atoms with van der Waals surface area (Å²) in [6, 6.07) is 2.95. The lowest BCUT2D eigenvalue weighted by Crippen LogP contribution is -2.55. The van der Waals surface area contributed by atoms with E-state index in [9.17, 15) is 24.3 Å². The summed E-state index contributed by atoms with van der Waals surface area (Å²) < 4.78 is 1.21. The molecule has 0 bridgehead atoms. The van der Waals surface area contributed by atoms with Gasteiger partial charge in [0.25, 0.3) is 0 Å². The van der Waals surface area contributed by atoms with Crippen molar-refractivity contribution >= 4 is 46.8 Å². The molecule has 3 rings (SSSR count). The quantitative estimate of drug-likeness (QED) is 0.515. The third-order valence-corrected chi connectivity index (χ3v) is 6.31. The number of piperidine rings is 1. The van der Waals surface area contributed by atoms with E-state index >= 15 is 0 Å². The van der Waals surface area contributed by atoms with E-state index < -0.39 is 36.2 Å². The van der Waals surface area contributed by atoms with Gasteiger partial charge in [-0.05, 0) is 47.4 Å². The van der Waals surface area contributed by atoms with Crippen molar-refractivity contribution in [2.45, 2.75) is 57.7 Å². The summed E-state index contributed by atoms with van der Waals surface area (Å²) >= 11 is 12.4. The molecule has 1 aliphatic rings. The van der Waals surface area contributed by atoms with Crippen LogP contribution < -0.4 is 5.32 Å². The highest BCUT2D eigenvalue weighted by atomic mass is 35.5. The molecule has 0 radical (unpaired) electrons. The molecule has 2 heterocycles. The summed E-state index contributed by atoms with van der Waals surface area (Å²) in [6.07, 6.45) is 1.49. The molecule has 2 aromatic rings. The van der Waals surface area contributed by atoms with E-state index in [0.29, 0.717) is 34.4 Å². The zero-order chi connectivity index (χ0) is 24.8. The minimum absolute atomic E-state index is 0.143. The van der Waals surface area contributed by atoms with E-state index in [1.54, 1.807) is 18.2 Å². The van der Waals surface area contributed by atoms with E-state index in [1.165, 1.54) is 16.5 Å². The van der Waals surface area contributed by atoms with Crippen LogP contribution in [0.1, 0.15) is 44.0 Å². The van der Waals surface area contributed by atoms with Gasteiger partial charge in [-0.2, -0.15) is 0 Å². The maximum atomic E-state index is 13.0. The maximum absolute atomic E-state index is 13.0. The van der Waals surface area contributed by atoms with Crippen molar-refractivity contribution in [2.24, 2.45) is 0 Å². The molecule has 0 spiro atoms. The van der Waals surface area contributed by atoms with Gasteiger partial charge in [-0.15, -0.1) is 5.10 Å². The Morgan fingerprint density at radius 3 is 2.56 bits per heavy atom. The average molecular weight is 511 g/mol. The molecule has 1 aromatic carbocycles. The SMILES string of the molecule is CC(=O)N1CCCCC1C(=O)NC(CC(=O)O)C(=O)Cn1nnnc1Cc1c(Cl)cccc1Cl. The third kappa shape index (κ3) is 6.29. The number of rotatable bonds is 9. The van der Waals surface area contributed by atoms with E-state index in [0.717, 1.165) is 12.8 Å². The third-order valence-electron chi connectivity index (χ3n) is 5.60. The van der Waals surface area contributed by atoms with Crippen molar-refractivity contribution < 1.29 is 24.3 Å². The number of hydrogen-bond acceptors (Lipinski definition) is 7. The van der Waals surface area contributed by atoms with Crippen LogP contribution in [0.5, 0.6) is 0 Å². The van der Waals surface area contributed by atoms with E-state index in [4.69, 9.17) is 23.2 Å². The van der Waals surface area contributed by atoms with Crippen LogP contribution in [0.25, 0.3) is 0 Å². The van der Waals surface area contributed by atoms with Gasteiger partial charge < -0.3 is 15.3 Å². The van der Waals surface area contributed by atoms with Crippen LogP contribution >= 0.6 is 23.2 Å². The summed E-state index contributed by atoms with van der Waals surface area (Å²) in [7, 11) is 0. The van der Waals surface area contributed by atoms with Crippen molar-refractivity contribution in [2.75, 3.05) is 6.54 Å². The number of carbonyl (C=O) groups is 4. The van der Waals surface area contributed by atoms with Crippen LogP contribution in [0, 0.1) is 0 Å². The predicted octanol–water partition coefficient (Wildman–Crippen LogP) is 1.50. The van der Waals surface area contributed by atoms with Crippen molar-refractivity contribution in [3.63, 3.8) is 0 Å². The molecule has 1 aliphatic heterocycles. The average Bonchev–Trinajstić information content (AvgIpc) is 3.22. The van der Waals surface area contributed by atoms with Gasteiger partial charge in [0.1, 0.15) is 12.6 Å². The number of benzene rings is 1. The van der Waals surface area contributed by atoms with Gasteiger partial charge >= 0.3 is 5.97 Å². The number of Topliss-reactive ketones (excluding diaryl/α,β-unsaturated/α-hetero) is 1. The Balaban J connectivity index is 1.74. The fourth-order valence-corrected chi connectivity index (χ4v) is 4.39. The Hall–Kier alpha value is -3.05. The molecule has 1 fully saturated rings. The zero-order valence-corrected chi connectivity index (χ0v) is 19.9. The molecule has 1 aromatic heterocycles. The second-order valence-corrected chi connectivity index (χ2v) is 8.79. The molecule has 2 atom stereocenters. The Bertz CT molecular complexity index is 1070. The number of carbonyl (C=O) groups excluding carboxylic acids is 3. The number of carboxylic acids is 1. The van der Waals surface area contributed by atoms with Crippen LogP contribution in [-0.2, 0) is 32.1 Å². The topological polar surface area (TPSA) is 147 Å². The Morgan fingerprint density at radius 2 is 1.91 bits per heavy atom. The largest absolute Gasteiger partial charge is 0.481 e. The number of aliphatic carboxylic acids is 1. The first-order chi connectivity index (χ1) is 16.2. The second-order valence-electron chi connectivity index (χ2n) is 7.98. The van der Waals surface area contributed by atoms with Crippen molar-refractivity contribution in [3.8, 4) is 0 Å². The normalized spacial score (nSPS) is 16.7. The van der Waals surface area contributed by atoms with Crippen LogP contribution in [0.15, 0.2) is 18.2 Å². The maximum Gasteiger partial charge on any atom is 0.305 e. The standard InChI is InChI=1S/C21H24Cl2N6O5/c1-12(30)28-8-3-2-7-17(28)21(34)24-16(10-20(32)33)18(31)11-29-19(25-26-27-29)9-13-14(22)5-4-6-15(13)23/h4-6,16-17H,2-3,7-11H2,1H3,(H,24,34)(H,32,33). The summed E-state index contributed by atoms with van der Waals surface area (Å²) in [4.78, 5) is 50.6. The second kappa shape index (κ2) is 11.4. The molecule has 11 nitrogen and oxygen atoms in total. The number of likely N-dealkylation sites (tertiary alicyclic amines) is 1. The Morgan fingerprint density at radius 1 is 1.21 bits per heavy atom. The van der Waals surface area contributed by atoms with Crippen molar-refractivity contribution in [3.05, 3.63) is 39.6 Å². The van der Waals surface area contributed by atoms with Gasteiger partial charge in [0.05, 0.1) is 12.5 Å². The Labute approximate surface area is 205 Å². The number of tetrazole rings is 1. The van der Waals surface area contributed by atoms with Gasteiger partial charge in [0.15, 0.2) is 11.6 Å². The molecule has 2 N–H and O–H groups in total. The van der Waals surface area contributed by atoms with Crippen LogP contribution in [0.3, 0.4) is 0 Å². The van der Waals surface area contributed by atoms with Gasteiger partial charge in [0.2, 0.25) is 11.8 Å². The molecule has 182 valence electrons. The number of nitrogens with one attached hydrogen (secondary N) is 1. The van der Waals surface area contributed by atoms with E-state index in [2.05, 4.69) is 20.8 Å². The minimum Gasteiger partial charge on any atom is -0.481 e. The number of aromatic nitrogens is 4. The summed E-state index contributed by atoms with van der Waals surface area (Å²) in [5.74, 6) is -2.38. The van der Waals surface area contributed by atoms with Crippen LogP contribution in [0.4, 0.5) is 0 Å². The van der Waals surface area contributed by atoms with Gasteiger partial charge in [-0.25, -0.2) is 4.68 Å². The molecular formula is C21H24Cl2N6O5. The fraction of sp³-hybridized carbons (Fsp3) is 0.476. The van der Waals surface area contributed by atoms with Gasteiger partial charge in [-0.3, -0.25) is 19.2 Å². The van der Waals surface area contributed by atoms with Crippen LogP contribution in [-0.4, -0.2) is 72.4 Å². The van der Waals surface area contributed by atoms with Crippen molar-refractivity contribution in [1.29, 1.82) is 0 Å². The highest BCUT2D eigenvalue weighted by Gasteiger charge is 2.33. The molecule has 2 amide bonds. The molecular weight excluding hydrogens is 487 g/mol. The first-order valence-corrected chi connectivity index (χ1v) is 11.4. The molecule has 0 aliphatic carbocycles. The molecule has 0 saturated carbocycles. The van der Waals surface area contributed by atoms with E-state index in [-0.39, 0.29) is 18.9 Å². The van der Waals surface area contributed by atoms with Crippen molar-refractivity contribution in [1.82, 2.24) is 30.4 Å². The number of nitrogens with zero attached hydrogens (tertiary/aromatic N) is 5. The molecule has 34 heavy (non-hydrogen) atoms. The predicted molar refractivity (Wildman–Crippen MR) is 121 cm³/mol. The molecule has 13 heteroatoms. The lowest BCUT2D eigenvalue weighted by molar-refractivity contribution is -0.143. The number of carboxylic acid groups (broad SMARTS) is 1. The molecule has 2 unspecified atom stereocenters. The first kappa shape index (κ1) is 25.6. The number of ketones is 1. The summed E-state index contributed by atoms with van der Waals surface area (Å²) in [6.45, 7) is 1.43. The van der Waals surface area contributed by atoms with Gasteiger partial charge in [-0.1, -0.05) is 29.3 Å². The number of hydrogen-bond donors (Lipinski definition) is 2. The highest BCUT2D eigenvalue weighted by Crippen LogP contribution is 2.26. The molecule has 1 saturated heterocycles. The summed E-state index contributed by atoms with van der Waals surface area (Å²) in [5.41, 5.74) is 0.575. The lowest BCUT2D eigenvalue weighted by atomic mass is 10.00. The number of amides is 2. The smallest absolute Gasteiger partial charge is 0.305 e. The summed E-state index contributed by atoms with van der Waals surface area (Å²) in [5, 5.41) is 23.9. The lowest BCUT2D eigenvalue weighted by Gasteiger charge is -2.34. The zero-order valence-electron chi connectivity index (χ0n) is 18.4. The van der Waals surface area contributed by atoms with Crippen LogP contribution in [0.2, 0.25) is 10.0 Å². The monoisotopic (exact) mass is 510 g/mol. The highest BCUT2D eigenvalue weighted by molar-refractivity contribution is 6.36. The van der Waals surface area contributed by atoms with E-state index in [1.807, 2.05) is 0 Å². The fourth-order valence-electron chi connectivity index (χ4n) is 3.86. The number of halogens is 2. The minimum atomic E-state index is -1.32. The first-order valence-electron chi connectivity index (χ1n) is 10.7. The van der Waals surface area contributed by atoms with Gasteiger partial charge in [0, 0.05) is 29.9 Å². The Kier molecular flexibility index (Phi) is 8.56.